The van der Waals surface area contributed by atoms with Crippen molar-refractivity contribution in [3.63, 3.8) is 0 Å². The molecule has 0 radical (unpaired) electrons. The SMILES string of the molecule is COc1ccc(Br)cc1CN1CCC[C@H]1C(=O)O. The molecule has 1 fully saturated rings. The van der Waals surface area contributed by atoms with Gasteiger partial charge in [0.25, 0.3) is 0 Å². The van der Waals surface area contributed by atoms with E-state index in [4.69, 9.17) is 9.84 Å². The van der Waals surface area contributed by atoms with Crippen molar-refractivity contribution in [3.05, 3.63) is 28.2 Å². The molecule has 0 amide bonds. The number of carboxylic acid groups (broad SMARTS) is 1. The molecule has 0 aromatic heterocycles. The molecule has 1 aliphatic rings. The van der Waals surface area contributed by atoms with Crippen molar-refractivity contribution in [2.75, 3.05) is 13.7 Å². The summed E-state index contributed by atoms with van der Waals surface area (Å²) in [6.07, 6.45) is 1.67. The molecule has 2 rings (SSSR count). The van der Waals surface area contributed by atoms with Gasteiger partial charge in [0.1, 0.15) is 11.8 Å². The van der Waals surface area contributed by atoms with Gasteiger partial charge in [0.05, 0.1) is 7.11 Å². The summed E-state index contributed by atoms with van der Waals surface area (Å²) in [5.41, 5.74) is 1.01. The van der Waals surface area contributed by atoms with E-state index in [9.17, 15) is 4.79 Å². The second-order valence-corrected chi connectivity index (χ2v) is 5.34. The Balaban J connectivity index is 2.18. The number of nitrogens with zero attached hydrogens (tertiary/aromatic N) is 1. The lowest BCUT2D eigenvalue weighted by Gasteiger charge is -2.22. The molecule has 0 spiro atoms. The molecule has 0 bridgehead atoms. The average molecular weight is 314 g/mol. The van der Waals surface area contributed by atoms with E-state index >= 15 is 0 Å². The second kappa shape index (κ2) is 5.71. The van der Waals surface area contributed by atoms with Crippen LogP contribution < -0.4 is 4.74 Å². The van der Waals surface area contributed by atoms with Gasteiger partial charge in [0, 0.05) is 16.6 Å². The first kappa shape index (κ1) is 13.4. The Morgan fingerprint density at radius 1 is 1.61 bits per heavy atom. The van der Waals surface area contributed by atoms with Crippen LogP contribution in [0.25, 0.3) is 0 Å². The molecule has 1 saturated heterocycles. The number of methoxy groups -OCH3 is 1. The van der Waals surface area contributed by atoms with Crippen LogP contribution >= 0.6 is 15.9 Å². The van der Waals surface area contributed by atoms with Gasteiger partial charge >= 0.3 is 5.97 Å². The van der Waals surface area contributed by atoms with Gasteiger partial charge in [-0.3, -0.25) is 9.69 Å². The highest BCUT2D eigenvalue weighted by molar-refractivity contribution is 9.10. The lowest BCUT2D eigenvalue weighted by atomic mass is 10.1. The zero-order chi connectivity index (χ0) is 13.1. The van der Waals surface area contributed by atoms with Crippen LogP contribution in [0.5, 0.6) is 5.75 Å². The molecule has 1 aliphatic heterocycles. The minimum Gasteiger partial charge on any atom is -0.496 e. The van der Waals surface area contributed by atoms with Gasteiger partial charge in [0.15, 0.2) is 0 Å². The Hall–Kier alpha value is -1.07. The molecule has 1 atom stereocenters. The Labute approximate surface area is 115 Å². The zero-order valence-electron chi connectivity index (χ0n) is 10.2. The van der Waals surface area contributed by atoms with E-state index < -0.39 is 5.97 Å². The van der Waals surface area contributed by atoms with Crippen LogP contribution in [0.3, 0.4) is 0 Å². The number of likely N-dealkylation sites (tertiary alicyclic amines) is 1. The number of rotatable bonds is 4. The van der Waals surface area contributed by atoms with E-state index in [1.165, 1.54) is 0 Å². The topological polar surface area (TPSA) is 49.8 Å². The van der Waals surface area contributed by atoms with Gasteiger partial charge < -0.3 is 9.84 Å². The molecule has 4 nitrogen and oxygen atoms in total. The third-order valence-corrected chi connectivity index (χ3v) is 3.76. The molecule has 98 valence electrons. The monoisotopic (exact) mass is 313 g/mol. The molecule has 0 saturated carbocycles. The maximum Gasteiger partial charge on any atom is 0.320 e. The van der Waals surface area contributed by atoms with E-state index in [-0.39, 0.29) is 6.04 Å². The number of aliphatic carboxylic acids is 1. The minimum absolute atomic E-state index is 0.367. The average Bonchev–Trinajstić information content (AvgIpc) is 2.77. The molecule has 0 aliphatic carbocycles. The molecule has 1 aromatic carbocycles. The molecular formula is C13H16BrNO3. The molecule has 1 aromatic rings. The lowest BCUT2D eigenvalue weighted by molar-refractivity contribution is -0.142. The van der Waals surface area contributed by atoms with Crippen molar-refractivity contribution in [1.82, 2.24) is 4.90 Å². The van der Waals surface area contributed by atoms with E-state index in [0.717, 1.165) is 35.2 Å². The minimum atomic E-state index is -0.735. The summed E-state index contributed by atoms with van der Waals surface area (Å²) in [6, 6.07) is 5.43. The quantitative estimate of drug-likeness (QED) is 0.928. The van der Waals surface area contributed by atoms with Gasteiger partial charge in [-0.1, -0.05) is 15.9 Å². The normalized spacial score (nSPS) is 20.0. The van der Waals surface area contributed by atoms with E-state index in [1.807, 2.05) is 23.1 Å². The largest absolute Gasteiger partial charge is 0.496 e. The fraction of sp³-hybridized carbons (Fsp3) is 0.462. The summed E-state index contributed by atoms with van der Waals surface area (Å²) in [7, 11) is 1.63. The van der Waals surface area contributed by atoms with Crippen molar-refractivity contribution < 1.29 is 14.6 Å². The van der Waals surface area contributed by atoms with Crippen molar-refractivity contribution >= 4 is 21.9 Å². The maximum atomic E-state index is 11.1. The van der Waals surface area contributed by atoms with Gasteiger partial charge in [-0.25, -0.2) is 0 Å². The Bertz CT molecular complexity index is 450. The van der Waals surface area contributed by atoms with Gasteiger partial charge in [-0.2, -0.15) is 0 Å². The summed E-state index contributed by atoms with van der Waals surface area (Å²) in [5, 5.41) is 9.16. The highest BCUT2D eigenvalue weighted by atomic mass is 79.9. The fourth-order valence-electron chi connectivity index (χ4n) is 2.38. The predicted octanol–water partition coefficient (Wildman–Crippen LogP) is 2.51. The second-order valence-electron chi connectivity index (χ2n) is 4.42. The number of hydrogen-bond donors (Lipinski definition) is 1. The van der Waals surface area contributed by atoms with Crippen LogP contribution in [0.1, 0.15) is 18.4 Å². The first-order valence-electron chi connectivity index (χ1n) is 5.91. The number of carboxylic acids is 1. The van der Waals surface area contributed by atoms with Crippen molar-refractivity contribution in [1.29, 1.82) is 0 Å². The summed E-state index contributed by atoms with van der Waals surface area (Å²) in [5.74, 6) is 0.0655. The smallest absolute Gasteiger partial charge is 0.320 e. The highest BCUT2D eigenvalue weighted by Crippen LogP contribution is 2.27. The van der Waals surface area contributed by atoms with Crippen molar-refractivity contribution in [2.45, 2.75) is 25.4 Å². The van der Waals surface area contributed by atoms with E-state index in [1.54, 1.807) is 7.11 Å². The van der Waals surface area contributed by atoms with Gasteiger partial charge in [-0.15, -0.1) is 0 Å². The van der Waals surface area contributed by atoms with Gasteiger partial charge in [-0.05, 0) is 37.6 Å². The van der Waals surface area contributed by atoms with E-state index in [2.05, 4.69) is 15.9 Å². The standard InChI is InChI=1S/C13H16BrNO3/c1-18-12-5-4-10(14)7-9(12)8-15-6-2-3-11(15)13(16)17/h4-5,7,11H,2-3,6,8H2,1H3,(H,16,17)/t11-/m0/s1. The number of benzene rings is 1. The Kier molecular flexibility index (Phi) is 4.24. The van der Waals surface area contributed by atoms with Crippen molar-refractivity contribution in [3.8, 4) is 5.75 Å². The number of carbonyl (C=O) groups is 1. The first-order valence-corrected chi connectivity index (χ1v) is 6.70. The number of halogens is 1. The van der Waals surface area contributed by atoms with Crippen LogP contribution in [0.4, 0.5) is 0 Å². The van der Waals surface area contributed by atoms with E-state index in [0.29, 0.717) is 6.54 Å². The third-order valence-electron chi connectivity index (χ3n) is 3.26. The molecule has 1 heterocycles. The lowest BCUT2D eigenvalue weighted by Crippen LogP contribution is -2.35. The first-order chi connectivity index (χ1) is 8.61. The predicted molar refractivity (Wildman–Crippen MR) is 71.8 cm³/mol. The maximum absolute atomic E-state index is 11.1. The van der Waals surface area contributed by atoms with Crippen molar-refractivity contribution in [2.24, 2.45) is 0 Å². The number of hydrogen-bond acceptors (Lipinski definition) is 3. The molecule has 5 heteroatoms. The summed E-state index contributed by atoms with van der Waals surface area (Å²) < 4.78 is 6.29. The number of ether oxygens (including phenoxy) is 1. The highest BCUT2D eigenvalue weighted by Gasteiger charge is 2.30. The summed E-state index contributed by atoms with van der Waals surface area (Å²) in [4.78, 5) is 13.1. The molecule has 0 unspecified atom stereocenters. The molecule has 1 N–H and O–H groups in total. The third kappa shape index (κ3) is 2.84. The van der Waals surface area contributed by atoms with Crippen LogP contribution in [0, 0.1) is 0 Å². The molecule has 18 heavy (non-hydrogen) atoms. The van der Waals surface area contributed by atoms with Gasteiger partial charge in [0.2, 0.25) is 0 Å². The van der Waals surface area contributed by atoms with Crippen LogP contribution in [-0.4, -0.2) is 35.7 Å². The Morgan fingerprint density at radius 3 is 3.06 bits per heavy atom. The Morgan fingerprint density at radius 2 is 2.39 bits per heavy atom. The molecular weight excluding hydrogens is 298 g/mol. The summed E-state index contributed by atoms with van der Waals surface area (Å²) >= 11 is 3.43. The summed E-state index contributed by atoms with van der Waals surface area (Å²) in [6.45, 7) is 1.44. The van der Waals surface area contributed by atoms with Crippen LogP contribution in [0.15, 0.2) is 22.7 Å². The van der Waals surface area contributed by atoms with Crippen LogP contribution in [-0.2, 0) is 11.3 Å². The van der Waals surface area contributed by atoms with Crippen LogP contribution in [0.2, 0.25) is 0 Å². The fourth-order valence-corrected chi connectivity index (χ4v) is 2.79. The zero-order valence-corrected chi connectivity index (χ0v) is 11.8.